The van der Waals surface area contributed by atoms with Crippen molar-refractivity contribution < 1.29 is 14.6 Å². The molecule has 2 rings (SSSR count). The number of ether oxygens (including phenoxy) is 1. The van der Waals surface area contributed by atoms with Gasteiger partial charge in [-0.2, -0.15) is 0 Å². The van der Waals surface area contributed by atoms with Crippen LogP contribution in [0.25, 0.3) is 0 Å². The number of carbonyl (C=O) groups is 1. The fourth-order valence-electron chi connectivity index (χ4n) is 2.45. The van der Waals surface area contributed by atoms with Crippen molar-refractivity contribution in [3.05, 3.63) is 35.9 Å². The molecule has 1 aromatic rings. The van der Waals surface area contributed by atoms with E-state index in [9.17, 15) is 9.90 Å². The van der Waals surface area contributed by atoms with Gasteiger partial charge in [-0.1, -0.05) is 43.7 Å². The number of unbranched alkanes of at least 4 members (excludes halogenated alkanes) is 1. The smallest absolute Gasteiger partial charge is 0.410 e. The maximum atomic E-state index is 11.8. The lowest BCUT2D eigenvalue weighted by Gasteiger charge is -2.23. The Kier molecular flexibility index (Phi) is 4.80. The number of hydrogen-bond acceptors (Lipinski definition) is 3. The summed E-state index contributed by atoms with van der Waals surface area (Å²) in [5, 5.41) is 9.37. The maximum Gasteiger partial charge on any atom is 0.410 e. The van der Waals surface area contributed by atoms with E-state index in [1.165, 1.54) is 0 Å². The number of aliphatic hydroxyl groups is 1. The molecule has 1 aliphatic heterocycles. The van der Waals surface area contributed by atoms with Crippen LogP contribution in [0.2, 0.25) is 0 Å². The van der Waals surface area contributed by atoms with Gasteiger partial charge in [0.05, 0.1) is 12.6 Å². The van der Waals surface area contributed by atoms with Crippen molar-refractivity contribution in [2.24, 2.45) is 0 Å². The van der Waals surface area contributed by atoms with Gasteiger partial charge in [0.15, 0.2) is 0 Å². The molecule has 0 aliphatic carbocycles. The number of nitrogens with zero attached hydrogens (tertiary/aromatic N) is 1. The van der Waals surface area contributed by atoms with Crippen LogP contribution in [0.15, 0.2) is 30.3 Å². The second kappa shape index (κ2) is 6.57. The fourth-order valence-corrected chi connectivity index (χ4v) is 2.45. The van der Waals surface area contributed by atoms with Gasteiger partial charge < -0.3 is 14.7 Å². The van der Waals surface area contributed by atoms with Crippen LogP contribution in [0.5, 0.6) is 0 Å². The fraction of sp³-hybridized carbons (Fsp3) is 0.533. The van der Waals surface area contributed by atoms with Crippen LogP contribution in [0.4, 0.5) is 4.79 Å². The van der Waals surface area contributed by atoms with Crippen molar-refractivity contribution in [3.8, 4) is 0 Å². The first-order chi connectivity index (χ1) is 9.26. The zero-order valence-electron chi connectivity index (χ0n) is 11.3. The second-order valence-electron chi connectivity index (χ2n) is 4.91. The minimum atomic E-state index is -0.412. The number of rotatable bonds is 6. The lowest BCUT2D eigenvalue weighted by atomic mass is 10.0. The van der Waals surface area contributed by atoms with Gasteiger partial charge in [-0.3, -0.25) is 0 Å². The summed E-state index contributed by atoms with van der Waals surface area (Å²) in [6.07, 6.45) is 2.00. The van der Waals surface area contributed by atoms with Crippen LogP contribution in [0, 0.1) is 0 Å². The summed E-state index contributed by atoms with van der Waals surface area (Å²) in [6.45, 7) is 2.67. The van der Waals surface area contributed by atoms with Crippen LogP contribution in [0.1, 0.15) is 25.3 Å². The summed E-state index contributed by atoms with van der Waals surface area (Å²) in [5.74, 6) is 0. The summed E-state index contributed by atoms with van der Waals surface area (Å²) in [5.41, 5.74) is 1.16. The highest BCUT2D eigenvalue weighted by atomic mass is 16.6. The van der Waals surface area contributed by atoms with E-state index in [0.29, 0.717) is 6.54 Å². The predicted octanol–water partition coefficient (Wildman–Crippen LogP) is 2.21. The molecule has 19 heavy (non-hydrogen) atoms. The molecular formula is C15H21NO3. The van der Waals surface area contributed by atoms with Gasteiger partial charge in [0.1, 0.15) is 6.10 Å². The zero-order valence-corrected chi connectivity index (χ0v) is 11.3. The third kappa shape index (κ3) is 3.26. The molecule has 1 aliphatic rings. The molecule has 4 nitrogen and oxygen atoms in total. The van der Waals surface area contributed by atoms with Gasteiger partial charge in [0, 0.05) is 6.54 Å². The number of cyclic esters (lactones) is 1. The predicted molar refractivity (Wildman–Crippen MR) is 72.9 cm³/mol. The molecule has 1 N–H and O–H groups in total. The third-order valence-corrected chi connectivity index (χ3v) is 3.54. The molecule has 0 aromatic heterocycles. The van der Waals surface area contributed by atoms with Gasteiger partial charge in [-0.15, -0.1) is 0 Å². The standard InChI is InChI=1S/C15H21NO3/c1-2-3-9-16-13(14(11-17)19-15(16)18)10-12-7-5-4-6-8-12/h4-8,13-14,17H,2-3,9-11H2,1H3. The van der Waals surface area contributed by atoms with E-state index >= 15 is 0 Å². The Morgan fingerprint density at radius 2 is 2.05 bits per heavy atom. The number of carbonyl (C=O) groups excluding carboxylic acids is 1. The molecule has 2 atom stereocenters. The van der Waals surface area contributed by atoms with E-state index in [0.717, 1.165) is 24.8 Å². The summed E-state index contributed by atoms with van der Waals surface area (Å²) in [7, 11) is 0. The molecule has 0 saturated carbocycles. The molecule has 1 heterocycles. The molecule has 104 valence electrons. The Labute approximate surface area is 114 Å². The lowest BCUT2D eigenvalue weighted by Crippen LogP contribution is -2.40. The molecule has 1 fully saturated rings. The van der Waals surface area contributed by atoms with Gasteiger partial charge in [-0.05, 0) is 18.4 Å². The Morgan fingerprint density at radius 1 is 1.32 bits per heavy atom. The SMILES string of the molecule is CCCCN1C(=O)OC(CO)C1Cc1ccccc1. The first kappa shape index (κ1) is 13.9. The summed E-state index contributed by atoms with van der Waals surface area (Å²) in [4.78, 5) is 13.6. The van der Waals surface area contributed by atoms with E-state index in [1.54, 1.807) is 4.90 Å². The molecule has 1 aromatic carbocycles. The minimum Gasteiger partial charge on any atom is -0.441 e. The van der Waals surface area contributed by atoms with Crippen LogP contribution >= 0.6 is 0 Å². The van der Waals surface area contributed by atoms with Crippen LogP contribution in [-0.4, -0.2) is 41.4 Å². The van der Waals surface area contributed by atoms with Crippen molar-refractivity contribution in [3.63, 3.8) is 0 Å². The number of amides is 1. The van der Waals surface area contributed by atoms with Gasteiger partial charge in [0.25, 0.3) is 0 Å². The Morgan fingerprint density at radius 3 is 2.68 bits per heavy atom. The highest BCUT2D eigenvalue weighted by Crippen LogP contribution is 2.23. The molecule has 4 heteroatoms. The molecule has 0 bridgehead atoms. The van der Waals surface area contributed by atoms with Crippen molar-refractivity contribution in [1.82, 2.24) is 4.90 Å². The maximum absolute atomic E-state index is 11.8. The van der Waals surface area contributed by atoms with E-state index in [4.69, 9.17) is 4.74 Å². The summed E-state index contributed by atoms with van der Waals surface area (Å²) >= 11 is 0. The molecular weight excluding hydrogens is 242 g/mol. The number of benzene rings is 1. The number of hydrogen-bond donors (Lipinski definition) is 1. The quantitative estimate of drug-likeness (QED) is 0.856. The van der Waals surface area contributed by atoms with E-state index in [-0.39, 0.29) is 18.7 Å². The summed E-state index contributed by atoms with van der Waals surface area (Å²) in [6, 6.07) is 9.95. The van der Waals surface area contributed by atoms with Crippen LogP contribution in [-0.2, 0) is 11.2 Å². The summed E-state index contributed by atoms with van der Waals surface area (Å²) < 4.78 is 5.24. The van der Waals surface area contributed by atoms with Crippen molar-refractivity contribution in [1.29, 1.82) is 0 Å². The average molecular weight is 263 g/mol. The molecule has 1 amide bonds. The first-order valence-corrected chi connectivity index (χ1v) is 6.88. The molecule has 1 saturated heterocycles. The normalized spacial score (nSPS) is 22.6. The third-order valence-electron chi connectivity index (χ3n) is 3.54. The zero-order chi connectivity index (χ0) is 13.7. The average Bonchev–Trinajstić information content (AvgIpc) is 2.73. The van der Waals surface area contributed by atoms with Crippen molar-refractivity contribution in [2.75, 3.05) is 13.2 Å². The lowest BCUT2D eigenvalue weighted by molar-refractivity contribution is 0.0827. The second-order valence-corrected chi connectivity index (χ2v) is 4.91. The molecule has 0 radical (unpaired) electrons. The van der Waals surface area contributed by atoms with Gasteiger partial charge in [-0.25, -0.2) is 4.79 Å². The Balaban J connectivity index is 2.10. The Bertz CT molecular complexity index is 407. The van der Waals surface area contributed by atoms with Crippen LogP contribution < -0.4 is 0 Å². The monoisotopic (exact) mass is 263 g/mol. The van der Waals surface area contributed by atoms with Crippen molar-refractivity contribution >= 4 is 6.09 Å². The Hall–Kier alpha value is -1.55. The van der Waals surface area contributed by atoms with E-state index in [2.05, 4.69) is 6.92 Å². The highest BCUT2D eigenvalue weighted by Gasteiger charge is 2.40. The van der Waals surface area contributed by atoms with Gasteiger partial charge >= 0.3 is 6.09 Å². The van der Waals surface area contributed by atoms with E-state index < -0.39 is 6.10 Å². The topological polar surface area (TPSA) is 49.8 Å². The highest BCUT2D eigenvalue weighted by molar-refractivity contribution is 5.70. The molecule has 0 spiro atoms. The largest absolute Gasteiger partial charge is 0.441 e. The minimum absolute atomic E-state index is 0.0635. The van der Waals surface area contributed by atoms with Crippen molar-refractivity contribution in [2.45, 2.75) is 38.3 Å². The first-order valence-electron chi connectivity index (χ1n) is 6.88. The number of aliphatic hydroxyl groups excluding tert-OH is 1. The van der Waals surface area contributed by atoms with Gasteiger partial charge in [0.2, 0.25) is 0 Å². The van der Waals surface area contributed by atoms with Crippen LogP contribution in [0.3, 0.4) is 0 Å². The molecule has 2 unspecified atom stereocenters. The van der Waals surface area contributed by atoms with E-state index in [1.807, 2.05) is 30.3 Å².